The number of likely N-dealkylation sites (tertiary alicyclic amines) is 1. The summed E-state index contributed by atoms with van der Waals surface area (Å²) in [5.41, 5.74) is 3.30. The zero-order valence-corrected chi connectivity index (χ0v) is 22.6. The number of benzene rings is 3. The number of aromatic hydroxyl groups is 1. The Bertz CT molecular complexity index is 1360. The highest BCUT2D eigenvalue weighted by Gasteiger charge is 2.42. The number of carbonyl (C=O) groups excluding carboxylic acids is 3. The predicted octanol–water partition coefficient (Wildman–Crippen LogP) is 1.99. The van der Waals surface area contributed by atoms with Gasteiger partial charge in [-0.25, -0.2) is 0 Å². The van der Waals surface area contributed by atoms with Crippen molar-refractivity contribution < 1.29 is 29.7 Å². The predicted molar refractivity (Wildman–Crippen MR) is 149 cm³/mol. The van der Waals surface area contributed by atoms with Gasteiger partial charge in [-0.3, -0.25) is 14.4 Å². The molecule has 1 aliphatic rings. The zero-order chi connectivity index (χ0) is 28.8. The fraction of sp³-hybridized carbons (Fsp3) is 0.323. The Hall–Kier alpha value is -4.21. The molecule has 1 saturated heterocycles. The summed E-state index contributed by atoms with van der Waals surface area (Å²) in [4.78, 5) is 41.1. The van der Waals surface area contributed by atoms with Crippen molar-refractivity contribution in [3.63, 3.8) is 0 Å². The maximum Gasteiger partial charge on any atom is 0.254 e. The Morgan fingerprint density at radius 3 is 2.40 bits per heavy atom. The number of aliphatic hydroxyl groups excluding tert-OH is 2. The summed E-state index contributed by atoms with van der Waals surface area (Å²) in [7, 11) is 0. The van der Waals surface area contributed by atoms with Gasteiger partial charge in [0.25, 0.3) is 11.8 Å². The molecule has 1 aliphatic heterocycles. The third-order valence-electron chi connectivity index (χ3n) is 7.38. The number of rotatable bonds is 9. The van der Waals surface area contributed by atoms with Crippen LogP contribution in [0.2, 0.25) is 0 Å². The van der Waals surface area contributed by atoms with Crippen molar-refractivity contribution in [1.29, 1.82) is 0 Å². The van der Waals surface area contributed by atoms with Gasteiger partial charge in [-0.05, 0) is 49.1 Å². The molecule has 0 aromatic heterocycles. The molecule has 4 rings (SSSR count). The lowest BCUT2D eigenvalue weighted by Gasteiger charge is -2.30. The van der Waals surface area contributed by atoms with Crippen LogP contribution in [0, 0.1) is 13.8 Å². The summed E-state index contributed by atoms with van der Waals surface area (Å²) in [6.07, 6.45) is -2.45. The van der Waals surface area contributed by atoms with Crippen LogP contribution >= 0.6 is 0 Å². The van der Waals surface area contributed by atoms with Crippen molar-refractivity contribution in [3.8, 4) is 5.75 Å². The smallest absolute Gasteiger partial charge is 0.254 e. The number of β-amino-alcohol motifs (C(OH)–C–C–N with tert-alkyl or cyclic N) is 1. The molecule has 3 aromatic rings. The molecular formula is C31H35N3O6. The molecule has 0 aliphatic carbocycles. The second-order valence-electron chi connectivity index (χ2n) is 10.2. The van der Waals surface area contributed by atoms with Crippen LogP contribution in [0.25, 0.3) is 0 Å². The monoisotopic (exact) mass is 545 g/mol. The molecule has 1 fully saturated rings. The van der Waals surface area contributed by atoms with Crippen LogP contribution in [0.5, 0.6) is 5.75 Å². The molecule has 210 valence electrons. The molecule has 40 heavy (non-hydrogen) atoms. The van der Waals surface area contributed by atoms with Crippen LogP contribution in [0.3, 0.4) is 0 Å². The highest BCUT2D eigenvalue weighted by atomic mass is 16.3. The first-order chi connectivity index (χ1) is 19.2. The zero-order valence-electron chi connectivity index (χ0n) is 22.6. The number of aliphatic hydroxyl groups is 2. The van der Waals surface area contributed by atoms with Gasteiger partial charge in [-0.2, -0.15) is 0 Å². The summed E-state index contributed by atoms with van der Waals surface area (Å²) in [6.45, 7) is 3.69. The SMILES string of the molecule is Cc1ccccc1CNC(=O)C1CC(O)CN1C(=O)C(O)C(Cc1ccccc1)NC(=O)c1cccc(O)c1C. The molecule has 0 bridgehead atoms. The molecule has 4 atom stereocenters. The largest absolute Gasteiger partial charge is 0.508 e. The van der Waals surface area contributed by atoms with Crippen LogP contribution < -0.4 is 10.6 Å². The highest BCUT2D eigenvalue weighted by molar-refractivity contribution is 5.97. The minimum Gasteiger partial charge on any atom is -0.508 e. The highest BCUT2D eigenvalue weighted by Crippen LogP contribution is 2.23. The Kier molecular flexibility index (Phi) is 9.19. The number of phenols is 1. The molecule has 5 N–H and O–H groups in total. The van der Waals surface area contributed by atoms with Crippen LogP contribution in [0.4, 0.5) is 0 Å². The van der Waals surface area contributed by atoms with Crippen molar-refractivity contribution in [2.24, 2.45) is 0 Å². The van der Waals surface area contributed by atoms with E-state index in [-0.39, 0.29) is 37.2 Å². The minimum atomic E-state index is -1.70. The van der Waals surface area contributed by atoms with Gasteiger partial charge in [-0.15, -0.1) is 0 Å². The average molecular weight is 546 g/mol. The van der Waals surface area contributed by atoms with Crippen molar-refractivity contribution in [1.82, 2.24) is 15.5 Å². The lowest BCUT2D eigenvalue weighted by Crippen LogP contribution is -2.55. The van der Waals surface area contributed by atoms with Gasteiger partial charge in [0.15, 0.2) is 6.10 Å². The first-order valence-electron chi connectivity index (χ1n) is 13.3. The average Bonchev–Trinajstić information content (AvgIpc) is 3.35. The second kappa shape index (κ2) is 12.8. The summed E-state index contributed by atoms with van der Waals surface area (Å²) in [5.74, 6) is -1.80. The van der Waals surface area contributed by atoms with E-state index >= 15 is 0 Å². The van der Waals surface area contributed by atoms with Gasteiger partial charge in [0.05, 0.1) is 12.1 Å². The molecule has 1 heterocycles. The normalized spacial score (nSPS) is 18.1. The number of hydrogen-bond donors (Lipinski definition) is 5. The molecule has 3 amide bonds. The van der Waals surface area contributed by atoms with Crippen molar-refractivity contribution in [2.45, 2.75) is 57.5 Å². The minimum absolute atomic E-state index is 0.0380. The number of carbonyl (C=O) groups is 3. The van der Waals surface area contributed by atoms with E-state index in [1.165, 1.54) is 17.0 Å². The van der Waals surface area contributed by atoms with Gasteiger partial charge < -0.3 is 30.9 Å². The lowest BCUT2D eigenvalue weighted by atomic mass is 9.98. The molecule has 0 spiro atoms. The Labute approximate surface area is 233 Å². The standard InChI is InChI=1S/C31H35N3O6/c1-19-9-6-7-12-22(19)17-32-30(39)26-16-23(35)18-34(26)31(40)28(37)25(15-21-10-4-3-5-11-21)33-29(38)24-13-8-14-27(36)20(24)2/h3-14,23,25-26,28,35-37H,15-18H2,1-2H3,(H,32,39)(H,33,38). The van der Waals surface area contributed by atoms with Gasteiger partial charge in [0, 0.05) is 30.6 Å². The van der Waals surface area contributed by atoms with Crippen LogP contribution in [-0.4, -0.2) is 68.8 Å². The van der Waals surface area contributed by atoms with Crippen LogP contribution in [0.1, 0.15) is 39.0 Å². The Morgan fingerprint density at radius 1 is 0.975 bits per heavy atom. The van der Waals surface area contributed by atoms with Crippen molar-refractivity contribution >= 4 is 17.7 Å². The summed E-state index contributed by atoms with van der Waals surface area (Å²) in [6, 6.07) is 19.2. The maximum atomic E-state index is 13.6. The summed E-state index contributed by atoms with van der Waals surface area (Å²) >= 11 is 0. The quantitative estimate of drug-likeness (QED) is 0.279. The molecular weight excluding hydrogens is 510 g/mol. The van der Waals surface area contributed by atoms with Crippen molar-refractivity contribution in [3.05, 3.63) is 101 Å². The van der Waals surface area contributed by atoms with E-state index in [4.69, 9.17) is 0 Å². The van der Waals surface area contributed by atoms with Gasteiger partial charge >= 0.3 is 0 Å². The second-order valence-corrected chi connectivity index (χ2v) is 10.2. The van der Waals surface area contributed by atoms with E-state index in [1.807, 2.05) is 61.5 Å². The fourth-order valence-corrected chi connectivity index (χ4v) is 4.98. The molecule has 0 radical (unpaired) electrons. The van der Waals surface area contributed by atoms with E-state index in [0.717, 1.165) is 16.7 Å². The molecule has 0 saturated carbocycles. The molecule has 9 nitrogen and oxygen atoms in total. The number of nitrogens with zero attached hydrogens (tertiary/aromatic N) is 1. The van der Waals surface area contributed by atoms with E-state index in [2.05, 4.69) is 10.6 Å². The number of aryl methyl sites for hydroxylation is 1. The number of phenolic OH excluding ortho intramolecular Hbond substituents is 1. The lowest BCUT2D eigenvalue weighted by molar-refractivity contribution is -0.146. The first kappa shape index (κ1) is 28.8. The number of nitrogens with one attached hydrogen (secondary N) is 2. The maximum absolute atomic E-state index is 13.6. The third kappa shape index (κ3) is 6.67. The van der Waals surface area contributed by atoms with Gasteiger partial charge in [0.1, 0.15) is 11.8 Å². The topological polar surface area (TPSA) is 139 Å². The first-order valence-corrected chi connectivity index (χ1v) is 13.3. The van der Waals surface area contributed by atoms with Gasteiger partial charge in [0.2, 0.25) is 5.91 Å². The Morgan fingerprint density at radius 2 is 1.68 bits per heavy atom. The van der Waals surface area contributed by atoms with Crippen LogP contribution in [0.15, 0.2) is 72.8 Å². The third-order valence-corrected chi connectivity index (χ3v) is 7.38. The van der Waals surface area contributed by atoms with Crippen LogP contribution in [-0.2, 0) is 22.6 Å². The summed E-state index contributed by atoms with van der Waals surface area (Å²) < 4.78 is 0. The van der Waals surface area contributed by atoms with E-state index < -0.39 is 42.0 Å². The number of amides is 3. The van der Waals surface area contributed by atoms with Gasteiger partial charge in [-0.1, -0.05) is 60.7 Å². The fourth-order valence-electron chi connectivity index (χ4n) is 4.98. The van der Waals surface area contributed by atoms with E-state index in [1.54, 1.807) is 13.0 Å². The molecule has 9 heteroatoms. The van der Waals surface area contributed by atoms with Crippen molar-refractivity contribution in [2.75, 3.05) is 6.54 Å². The molecule has 4 unspecified atom stereocenters. The molecule has 3 aromatic carbocycles. The number of hydrogen-bond acceptors (Lipinski definition) is 6. The van der Waals surface area contributed by atoms with E-state index in [9.17, 15) is 29.7 Å². The summed E-state index contributed by atoms with van der Waals surface area (Å²) in [5, 5.41) is 37.3. The Balaban J connectivity index is 1.52. The van der Waals surface area contributed by atoms with E-state index in [0.29, 0.717) is 5.56 Å².